The summed E-state index contributed by atoms with van der Waals surface area (Å²) in [4.78, 5) is 14.7. The third-order valence-corrected chi connectivity index (χ3v) is 8.68. The van der Waals surface area contributed by atoms with E-state index in [2.05, 4.69) is 32.1 Å². The van der Waals surface area contributed by atoms with Gasteiger partial charge < -0.3 is 10.4 Å². The van der Waals surface area contributed by atoms with Crippen LogP contribution in [0.2, 0.25) is 5.02 Å². The fourth-order valence-electron chi connectivity index (χ4n) is 4.39. The van der Waals surface area contributed by atoms with Crippen molar-refractivity contribution in [1.82, 2.24) is 9.88 Å². The molecule has 1 aliphatic carbocycles. The number of halogens is 5. The van der Waals surface area contributed by atoms with E-state index in [1.54, 1.807) is 0 Å². The van der Waals surface area contributed by atoms with Crippen LogP contribution in [-0.4, -0.2) is 54.7 Å². The summed E-state index contributed by atoms with van der Waals surface area (Å²) in [5.74, 6) is -3.47. The van der Waals surface area contributed by atoms with Crippen molar-refractivity contribution in [2.45, 2.75) is 36.5 Å². The Bertz CT molecular complexity index is 1420. The highest BCUT2D eigenvalue weighted by Crippen LogP contribution is 2.54. The standard InChI is InChI=1S/C22H22ClFN4O2S2.C2HF3O2/c23-16-8-19(32(29,30)27-21-12-31-14-25-21)17(24)9-18(16)26-20-11-28(13-22(20)6-7-22)10-15-4-2-1-3-5-15;3-2(4,5)1(6)7/h1-5,8-9,12,14,20,26-27H,6-7,10-11,13H2;(H,6,7)/t20-;/m1./s1. The maximum atomic E-state index is 14.9. The Morgan fingerprint density at radius 1 is 1.23 bits per heavy atom. The minimum Gasteiger partial charge on any atom is -0.475 e. The molecular weight excluding hydrogens is 584 g/mol. The molecule has 210 valence electrons. The Morgan fingerprint density at radius 3 is 2.46 bits per heavy atom. The lowest BCUT2D eigenvalue weighted by atomic mass is 10.0. The number of benzene rings is 2. The van der Waals surface area contributed by atoms with Crippen molar-refractivity contribution < 1.29 is 35.9 Å². The van der Waals surface area contributed by atoms with Gasteiger partial charge in [-0.3, -0.25) is 9.62 Å². The predicted molar refractivity (Wildman–Crippen MR) is 139 cm³/mol. The van der Waals surface area contributed by atoms with E-state index in [1.165, 1.54) is 33.9 Å². The third kappa shape index (κ3) is 7.18. The molecule has 3 N–H and O–H groups in total. The van der Waals surface area contributed by atoms with Crippen LogP contribution in [0.1, 0.15) is 18.4 Å². The van der Waals surface area contributed by atoms with E-state index in [0.29, 0.717) is 5.69 Å². The second-order valence-electron chi connectivity index (χ2n) is 9.26. The number of nitrogens with zero attached hydrogens (tertiary/aromatic N) is 2. The number of likely N-dealkylation sites (tertiary alicyclic amines) is 1. The molecule has 0 radical (unpaired) electrons. The zero-order valence-electron chi connectivity index (χ0n) is 20.1. The van der Waals surface area contributed by atoms with E-state index in [1.807, 2.05) is 18.2 Å². The van der Waals surface area contributed by atoms with Gasteiger partial charge in [0.05, 0.1) is 16.2 Å². The van der Waals surface area contributed by atoms with Gasteiger partial charge in [0.2, 0.25) is 0 Å². The fraction of sp³-hybridized carbons (Fsp3) is 0.333. The molecule has 1 spiro atoms. The van der Waals surface area contributed by atoms with Crippen LogP contribution in [-0.2, 0) is 21.4 Å². The number of rotatable bonds is 7. The Kier molecular flexibility index (Phi) is 8.40. The lowest BCUT2D eigenvalue weighted by molar-refractivity contribution is -0.192. The quantitative estimate of drug-likeness (QED) is 0.307. The Morgan fingerprint density at radius 2 is 1.90 bits per heavy atom. The van der Waals surface area contributed by atoms with Gasteiger partial charge in [-0.2, -0.15) is 13.2 Å². The van der Waals surface area contributed by atoms with Crippen molar-refractivity contribution in [1.29, 1.82) is 0 Å². The first-order chi connectivity index (χ1) is 18.3. The zero-order valence-corrected chi connectivity index (χ0v) is 22.5. The predicted octanol–water partition coefficient (Wildman–Crippen LogP) is 5.45. The number of thiazole rings is 1. The summed E-state index contributed by atoms with van der Waals surface area (Å²) in [7, 11) is -4.14. The average molecular weight is 607 g/mol. The SMILES string of the molecule is O=C(O)C(F)(F)F.O=S(=O)(Nc1cscn1)c1cc(Cl)c(N[C@@H]2CN(Cc3ccccc3)CC23CC3)cc1F. The van der Waals surface area contributed by atoms with Crippen molar-refractivity contribution in [2.75, 3.05) is 23.1 Å². The third-order valence-electron chi connectivity index (χ3n) is 6.41. The van der Waals surface area contributed by atoms with Crippen LogP contribution in [0, 0.1) is 11.2 Å². The molecule has 1 aromatic heterocycles. The highest BCUT2D eigenvalue weighted by atomic mass is 35.5. The van der Waals surface area contributed by atoms with Gasteiger partial charge in [-0.15, -0.1) is 11.3 Å². The molecule has 8 nitrogen and oxygen atoms in total. The number of carbonyl (C=O) groups is 1. The van der Waals surface area contributed by atoms with Gasteiger partial charge in [-0.05, 0) is 30.5 Å². The highest BCUT2D eigenvalue weighted by Gasteiger charge is 2.55. The molecule has 0 amide bonds. The number of carboxylic acids is 1. The van der Waals surface area contributed by atoms with E-state index in [9.17, 15) is 26.0 Å². The molecule has 1 atom stereocenters. The summed E-state index contributed by atoms with van der Waals surface area (Å²) >= 11 is 7.64. The minimum absolute atomic E-state index is 0.124. The van der Waals surface area contributed by atoms with E-state index < -0.39 is 32.9 Å². The molecule has 5 rings (SSSR count). The van der Waals surface area contributed by atoms with Crippen molar-refractivity contribution in [3.05, 3.63) is 69.8 Å². The lowest BCUT2D eigenvalue weighted by Crippen LogP contribution is -2.30. The number of aliphatic carboxylic acids is 1. The molecule has 2 aliphatic rings. The Balaban J connectivity index is 0.000000448. The van der Waals surface area contributed by atoms with E-state index in [4.69, 9.17) is 21.5 Å². The van der Waals surface area contributed by atoms with Crippen LogP contribution >= 0.6 is 22.9 Å². The maximum absolute atomic E-state index is 14.9. The minimum atomic E-state index is -5.08. The molecule has 1 saturated carbocycles. The second kappa shape index (κ2) is 11.3. The van der Waals surface area contributed by atoms with Crippen LogP contribution < -0.4 is 10.0 Å². The smallest absolute Gasteiger partial charge is 0.475 e. The van der Waals surface area contributed by atoms with Gasteiger partial charge >= 0.3 is 12.1 Å². The van der Waals surface area contributed by atoms with Crippen LogP contribution in [0.15, 0.2) is 58.3 Å². The summed E-state index contributed by atoms with van der Waals surface area (Å²) < 4.78 is 74.0. The molecule has 1 saturated heterocycles. The molecule has 2 aromatic carbocycles. The zero-order chi connectivity index (χ0) is 28.4. The maximum Gasteiger partial charge on any atom is 0.490 e. The van der Waals surface area contributed by atoms with Crippen molar-refractivity contribution in [3.63, 3.8) is 0 Å². The van der Waals surface area contributed by atoms with Gasteiger partial charge in [0, 0.05) is 36.5 Å². The first-order valence-electron chi connectivity index (χ1n) is 11.5. The van der Waals surface area contributed by atoms with Crippen LogP contribution in [0.5, 0.6) is 0 Å². The van der Waals surface area contributed by atoms with Crippen LogP contribution in [0.25, 0.3) is 0 Å². The molecular formula is C24H23ClF4N4O4S2. The summed E-state index contributed by atoms with van der Waals surface area (Å²) in [5.41, 5.74) is 3.32. The number of carboxylic acid groups (broad SMARTS) is 1. The topological polar surface area (TPSA) is 112 Å². The molecule has 1 aliphatic heterocycles. The monoisotopic (exact) mass is 606 g/mol. The molecule has 0 unspecified atom stereocenters. The summed E-state index contributed by atoms with van der Waals surface area (Å²) in [6.07, 6.45) is -2.86. The number of nitrogens with one attached hydrogen (secondary N) is 2. The second-order valence-corrected chi connectivity index (χ2v) is 12.0. The van der Waals surface area contributed by atoms with Gasteiger partial charge in [0.1, 0.15) is 10.7 Å². The summed E-state index contributed by atoms with van der Waals surface area (Å²) in [5, 5.41) is 12.2. The fourth-order valence-corrected chi connectivity index (χ4v) is 6.32. The highest BCUT2D eigenvalue weighted by molar-refractivity contribution is 7.92. The number of anilines is 2. The van der Waals surface area contributed by atoms with Crippen molar-refractivity contribution in [3.8, 4) is 0 Å². The first-order valence-corrected chi connectivity index (χ1v) is 14.3. The number of hydrogen-bond donors (Lipinski definition) is 3. The van der Waals surface area contributed by atoms with Gasteiger partial charge in [-0.1, -0.05) is 41.9 Å². The number of alkyl halides is 3. The molecule has 0 bridgehead atoms. The van der Waals surface area contributed by atoms with Gasteiger partial charge in [-0.25, -0.2) is 22.6 Å². The van der Waals surface area contributed by atoms with Crippen molar-refractivity contribution in [2.24, 2.45) is 5.41 Å². The number of sulfonamides is 1. The van der Waals surface area contributed by atoms with Gasteiger partial charge in [0.15, 0.2) is 5.82 Å². The average Bonchev–Trinajstić information content (AvgIpc) is 3.30. The molecule has 39 heavy (non-hydrogen) atoms. The van der Waals surface area contributed by atoms with E-state index >= 15 is 0 Å². The Labute approximate surface area is 230 Å². The number of aromatic nitrogens is 1. The normalized spacial score (nSPS) is 18.3. The largest absolute Gasteiger partial charge is 0.490 e. The van der Waals surface area contributed by atoms with Gasteiger partial charge in [0.25, 0.3) is 10.0 Å². The molecule has 2 fully saturated rings. The number of hydrogen-bond acceptors (Lipinski definition) is 7. The first kappa shape index (κ1) is 29.1. The Hall–Kier alpha value is -2.94. The summed E-state index contributed by atoms with van der Waals surface area (Å²) in [6, 6.07) is 12.8. The van der Waals surface area contributed by atoms with Crippen LogP contribution in [0.4, 0.5) is 29.1 Å². The molecule has 2 heterocycles. The van der Waals surface area contributed by atoms with E-state index in [0.717, 1.165) is 38.5 Å². The molecule has 15 heteroatoms. The van der Waals surface area contributed by atoms with Crippen molar-refractivity contribution >= 4 is 50.4 Å². The van der Waals surface area contributed by atoms with E-state index in [-0.39, 0.29) is 22.3 Å². The summed E-state index contributed by atoms with van der Waals surface area (Å²) in [6.45, 7) is 2.66. The van der Waals surface area contributed by atoms with Crippen LogP contribution in [0.3, 0.4) is 0 Å². The molecule has 3 aromatic rings. The lowest BCUT2D eigenvalue weighted by Gasteiger charge is -2.21.